The minimum Gasteiger partial charge on any atom is -0.327 e. The van der Waals surface area contributed by atoms with Crippen molar-refractivity contribution in [1.82, 2.24) is 0 Å². The molecule has 0 unspecified atom stereocenters. The van der Waals surface area contributed by atoms with Gasteiger partial charge in [-0.1, -0.05) is 33.6 Å². The van der Waals surface area contributed by atoms with E-state index in [9.17, 15) is 0 Å². The lowest BCUT2D eigenvalue weighted by molar-refractivity contribution is -0.906. The van der Waals surface area contributed by atoms with Gasteiger partial charge in [0, 0.05) is 0 Å². The molecule has 0 spiro atoms. The molecule has 0 rings (SSSR count). The Balaban J connectivity index is 0. The molecule has 0 bridgehead atoms. The zero-order valence-electron chi connectivity index (χ0n) is 11.4. The number of quaternary nitrogens is 1. The fourth-order valence-electron chi connectivity index (χ4n) is 1.46. The summed E-state index contributed by atoms with van der Waals surface area (Å²) in [6.45, 7) is 14.8. The SMILES string of the molecule is CC.CCCCCC[N+](C)(CC)CC. The van der Waals surface area contributed by atoms with E-state index in [2.05, 4.69) is 27.8 Å². The zero-order valence-corrected chi connectivity index (χ0v) is 11.4. The van der Waals surface area contributed by atoms with Gasteiger partial charge in [-0.05, 0) is 26.7 Å². The first-order valence-electron chi connectivity index (χ1n) is 6.52. The first-order chi connectivity index (χ1) is 6.68. The average molecular weight is 202 g/mol. The predicted molar refractivity (Wildman–Crippen MR) is 67.6 cm³/mol. The largest absolute Gasteiger partial charge is 0.327 e. The Kier molecular flexibility index (Phi) is 12.9. The third-order valence-electron chi connectivity index (χ3n) is 3.08. The van der Waals surface area contributed by atoms with Gasteiger partial charge in [0.2, 0.25) is 0 Å². The lowest BCUT2D eigenvalue weighted by Gasteiger charge is -2.32. The maximum atomic E-state index is 2.37. The third-order valence-corrected chi connectivity index (χ3v) is 3.08. The highest BCUT2D eigenvalue weighted by molar-refractivity contribution is 4.41. The van der Waals surface area contributed by atoms with Gasteiger partial charge in [0.25, 0.3) is 0 Å². The van der Waals surface area contributed by atoms with Crippen LogP contribution < -0.4 is 0 Å². The fourth-order valence-corrected chi connectivity index (χ4v) is 1.46. The van der Waals surface area contributed by atoms with E-state index in [-0.39, 0.29) is 0 Å². The second-order valence-corrected chi connectivity index (χ2v) is 4.04. The zero-order chi connectivity index (χ0) is 11.4. The molecule has 0 saturated heterocycles. The molecule has 0 aliphatic rings. The first-order valence-corrected chi connectivity index (χ1v) is 6.52. The average Bonchev–Trinajstić information content (AvgIpc) is 2.27. The van der Waals surface area contributed by atoms with E-state index in [1.165, 1.54) is 49.8 Å². The molecule has 0 radical (unpaired) electrons. The van der Waals surface area contributed by atoms with Crippen molar-refractivity contribution < 1.29 is 4.48 Å². The van der Waals surface area contributed by atoms with Gasteiger partial charge < -0.3 is 4.48 Å². The molecular weight excluding hydrogens is 170 g/mol. The standard InChI is InChI=1S/C11H26N.C2H6/c1-5-8-9-10-11-12(4,6-2)7-3;1-2/h5-11H2,1-4H3;1-2H3/q+1;. The third kappa shape index (κ3) is 8.55. The molecule has 0 N–H and O–H groups in total. The van der Waals surface area contributed by atoms with Crippen molar-refractivity contribution in [1.29, 1.82) is 0 Å². The van der Waals surface area contributed by atoms with Crippen LogP contribution in [0.2, 0.25) is 0 Å². The Labute approximate surface area is 92.1 Å². The van der Waals surface area contributed by atoms with E-state index < -0.39 is 0 Å². The number of rotatable bonds is 7. The summed E-state index contributed by atoms with van der Waals surface area (Å²) >= 11 is 0. The lowest BCUT2D eigenvalue weighted by Crippen LogP contribution is -2.44. The summed E-state index contributed by atoms with van der Waals surface area (Å²) in [4.78, 5) is 0. The first kappa shape index (κ1) is 16.4. The van der Waals surface area contributed by atoms with Gasteiger partial charge in [0.15, 0.2) is 0 Å². The van der Waals surface area contributed by atoms with E-state index >= 15 is 0 Å². The summed E-state index contributed by atoms with van der Waals surface area (Å²) in [7, 11) is 2.37. The number of hydrogen-bond acceptors (Lipinski definition) is 0. The smallest absolute Gasteiger partial charge is 0.0784 e. The summed E-state index contributed by atoms with van der Waals surface area (Å²) in [5, 5.41) is 0. The highest BCUT2D eigenvalue weighted by atomic mass is 15.3. The van der Waals surface area contributed by atoms with Crippen LogP contribution in [-0.4, -0.2) is 31.2 Å². The molecule has 0 amide bonds. The molecule has 0 aromatic heterocycles. The highest BCUT2D eigenvalue weighted by Crippen LogP contribution is 2.06. The number of nitrogens with zero attached hydrogens (tertiary/aromatic N) is 1. The van der Waals surface area contributed by atoms with Gasteiger partial charge in [-0.3, -0.25) is 0 Å². The molecule has 0 saturated carbocycles. The second kappa shape index (κ2) is 11.0. The van der Waals surface area contributed by atoms with Crippen LogP contribution in [0, 0.1) is 0 Å². The van der Waals surface area contributed by atoms with Gasteiger partial charge in [0.1, 0.15) is 0 Å². The molecule has 0 fully saturated rings. The Morgan fingerprint density at radius 2 is 1.29 bits per heavy atom. The normalized spacial score (nSPS) is 10.7. The molecule has 0 heterocycles. The minimum atomic E-state index is 1.25. The van der Waals surface area contributed by atoms with Crippen LogP contribution in [0.5, 0.6) is 0 Å². The monoisotopic (exact) mass is 202 g/mol. The molecular formula is C13H32N+. The number of hydrogen-bond donors (Lipinski definition) is 0. The van der Waals surface area contributed by atoms with Crippen molar-refractivity contribution in [3.63, 3.8) is 0 Å². The predicted octanol–water partition coefficient (Wildman–Crippen LogP) is 4.08. The van der Waals surface area contributed by atoms with Crippen molar-refractivity contribution in [3.8, 4) is 0 Å². The summed E-state index contributed by atoms with van der Waals surface area (Å²) in [6.07, 6.45) is 5.59. The summed E-state index contributed by atoms with van der Waals surface area (Å²) in [5.74, 6) is 0. The summed E-state index contributed by atoms with van der Waals surface area (Å²) < 4.78 is 1.25. The topological polar surface area (TPSA) is 0 Å². The van der Waals surface area contributed by atoms with Gasteiger partial charge in [-0.25, -0.2) is 0 Å². The van der Waals surface area contributed by atoms with Crippen molar-refractivity contribution in [2.45, 2.75) is 60.3 Å². The maximum Gasteiger partial charge on any atom is 0.0784 e. The van der Waals surface area contributed by atoms with E-state index in [0.29, 0.717) is 0 Å². The maximum absolute atomic E-state index is 2.37. The quantitative estimate of drug-likeness (QED) is 0.431. The van der Waals surface area contributed by atoms with Crippen molar-refractivity contribution >= 4 is 0 Å². The van der Waals surface area contributed by atoms with Crippen LogP contribution in [0.4, 0.5) is 0 Å². The van der Waals surface area contributed by atoms with Crippen LogP contribution in [0.15, 0.2) is 0 Å². The lowest BCUT2D eigenvalue weighted by atomic mass is 10.2. The second-order valence-electron chi connectivity index (χ2n) is 4.04. The van der Waals surface area contributed by atoms with Crippen LogP contribution in [0.1, 0.15) is 60.3 Å². The van der Waals surface area contributed by atoms with Gasteiger partial charge in [-0.15, -0.1) is 0 Å². The van der Waals surface area contributed by atoms with Crippen molar-refractivity contribution in [3.05, 3.63) is 0 Å². The van der Waals surface area contributed by atoms with Crippen LogP contribution in [-0.2, 0) is 0 Å². The molecule has 0 aromatic carbocycles. The Bertz CT molecular complexity index is 95.4. The molecule has 14 heavy (non-hydrogen) atoms. The van der Waals surface area contributed by atoms with Crippen molar-refractivity contribution in [2.24, 2.45) is 0 Å². The highest BCUT2D eigenvalue weighted by Gasteiger charge is 2.14. The summed E-state index contributed by atoms with van der Waals surface area (Å²) in [5.41, 5.74) is 0. The molecule has 0 aromatic rings. The molecule has 0 aliphatic carbocycles. The molecule has 0 atom stereocenters. The Morgan fingerprint density at radius 1 is 0.786 bits per heavy atom. The van der Waals surface area contributed by atoms with Gasteiger partial charge >= 0.3 is 0 Å². The Morgan fingerprint density at radius 3 is 1.64 bits per heavy atom. The molecule has 1 nitrogen and oxygen atoms in total. The van der Waals surface area contributed by atoms with E-state index in [4.69, 9.17) is 0 Å². The van der Waals surface area contributed by atoms with Gasteiger partial charge in [0.05, 0.1) is 26.7 Å². The van der Waals surface area contributed by atoms with Crippen LogP contribution >= 0.6 is 0 Å². The minimum absolute atomic E-state index is 1.25. The van der Waals surface area contributed by atoms with E-state index in [1.807, 2.05) is 13.8 Å². The van der Waals surface area contributed by atoms with Gasteiger partial charge in [-0.2, -0.15) is 0 Å². The van der Waals surface area contributed by atoms with E-state index in [1.54, 1.807) is 0 Å². The molecule has 88 valence electrons. The fraction of sp³-hybridized carbons (Fsp3) is 1.00. The summed E-state index contributed by atoms with van der Waals surface area (Å²) in [6, 6.07) is 0. The van der Waals surface area contributed by atoms with Crippen LogP contribution in [0.3, 0.4) is 0 Å². The Hall–Kier alpha value is -0.0400. The van der Waals surface area contributed by atoms with Crippen LogP contribution in [0.25, 0.3) is 0 Å². The van der Waals surface area contributed by atoms with E-state index in [0.717, 1.165) is 0 Å². The number of unbranched alkanes of at least 4 members (excludes halogenated alkanes) is 3. The van der Waals surface area contributed by atoms with Crippen molar-refractivity contribution in [2.75, 3.05) is 26.7 Å². The molecule has 1 heteroatoms. The molecule has 0 aliphatic heterocycles.